The summed E-state index contributed by atoms with van der Waals surface area (Å²) in [5, 5.41) is 3.05. The second-order valence-corrected chi connectivity index (χ2v) is 6.60. The van der Waals surface area contributed by atoms with Crippen LogP contribution in [0.2, 0.25) is 0 Å². The molecule has 2 atom stereocenters. The van der Waals surface area contributed by atoms with Crippen molar-refractivity contribution < 1.29 is 9.18 Å². The molecule has 0 aromatic heterocycles. The number of benzene rings is 1. The van der Waals surface area contributed by atoms with Crippen molar-refractivity contribution in [2.24, 2.45) is 11.1 Å². The first-order valence-electron chi connectivity index (χ1n) is 6.93. The number of hydrogen-bond donors (Lipinski definition) is 2. The van der Waals surface area contributed by atoms with Gasteiger partial charge in [0.25, 0.3) is 0 Å². The fourth-order valence-corrected chi connectivity index (χ4v) is 3.35. The van der Waals surface area contributed by atoms with Gasteiger partial charge < -0.3 is 11.1 Å². The zero-order valence-electron chi connectivity index (χ0n) is 11.9. The van der Waals surface area contributed by atoms with Crippen molar-refractivity contribution in [3.8, 4) is 0 Å². The quantitative estimate of drug-likeness (QED) is 0.898. The average Bonchev–Trinajstić information content (AvgIpc) is 2.47. The summed E-state index contributed by atoms with van der Waals surface area (Å²) in [6.07, 6.45) is 1.50. The molecule has 2 rings (SSSR count). The standard InChI is InChI=1S/C15H21FN2OS/c1-3-15(2,9-17)14(19)18-12-6-7-20-13-5-4-10(16)8-11(12)13/h4-5,8,12H,3,6-7,9,17H2,1-2H3,(H,18,19). The SMILES string of the molecule is CCC(C)(CN)C(=O)NC1CCSc2ccc(F)cc21. The van der Waals surface area contributed by atoms with Gasteiger partial charge in [0.2, 0.25) is 5.91 Å². The van der Waals surface area contributed by atoms with E-state index in [1.807, 2.05) is 13.8 Å². The summed E-state index contributed by atoms with van der Waals surface area (Å²) >= 11 is 1.70. The van der Waals surface area contributed by atoms with Crippen molar-refractivity contribution in [1.82, 2.24) is 5.32 Å². The fraction of sp³-hybridized carbons (Fsp3) is 0.533. The smallest absolute Gasteiger partial charge is 0.227 e. The van der Waals surface area contributed by atoms with Crippen LogP contribution in [0.4, 0.5) is 4.39 Å². The number of rotatable bonds is 4. The molecule has 3 nitrogen and oxygen atoms in total. The summed E-state index contributed by atoms with van der Waals surface area (Å²) in [4.78, 5) is 13.4. The number of carbonyl (C=O) groups is 1. The average molecular weight is 296 g/mol. The topological polar surface area (TPSA) is 55.1 Å². The molecule has 0 spiro atoms. The minimum atomic E-state index is -0.557. The highest BCUT2D eigenvalue weighted by molar-refractivity contribution is 7.99. The van der Waals surface area contributed by atoms with Crippen LogP contribution >= 0.6 is 11.8 Å². The van der Waals surface area contributed by atoms with Gasteiger partial charge in [-0.15, -0.1) is 11.8 Å². The summed E-state index contributed by atoms with van der Waals surface area (Å²) in [7, 11) is 0. The van der Waals surface area contributed by atoms with Crippen LogP contribution in [0.15, 0.2) is 23.1 Å². The maximum absolute atomic E-state index is 13.4. The molecule has 1 aliphatic rings. The molecule has 5 heteroatoms. The van der Waals surface area contributed by atoms with Crippen molar-refractivity contribution in [1.29, 1.82) is 0 Å². The predicted molar refractivity (Wildman–Crippen MR) is 80.1 cm³/mol. The lowest BCUT2D eigenvalue weighted by atomic mass is 9.86. The Morgan fingerprint density at radius 3 is 3.00 bits per heavy atom. The van der Waals surface area contributed by atoms with Gasteiger partial charge in [-0.3, -0.25) is 4.79 Å². The van der Waals surface area contributed by atoms with Gasteiger partial charge in [0.15, 0.2) is 0 Å². The fourth-order valence-electron chi connectivity index (χ4n) is 2.25. The Kier molecular flexibility index (Phi) is 4.70. The molecule has 0 saturated carbocycles. The molecule has 1 aliphatic heterocycles. The van der Waals surface area contributed by atoms with E-state index in [1.165, 1.54) is 12.1 Å². The maximum atomic E-state index is 13.4. The first-order chi connectivity index (χ1) is 9.50. The van der Waals surface area contributed by atoms with E-state index >= 15 is 0 Å². The molecule has 110 valence electrons. The Hall–Kier alpha value is -1.07. The van der Waals surface area contributed by atoms with E-state index in [1.54, 1.807) is 17.8 Å². The zero-order chi connectivity index (χ0) is 14.8. The lowest BCUT2D eigenvalue weighted by molar-refractivity contribution is -0.130. The highest BCUT2D eigenvalue weighted by Crippen LogP contribution is 2.37. The molecule has 1 aromatic carbocycles. The van der Waals surface area contributed by atoms with E-state index in [4.69, 9.17) is 5.73 Å². The molecule has 0 aliphatic carbocycles. The van der Waals surface area contributed by atoms with Gasteiger partial charge in [-0.2, -0.15) is 0 Å². The van der Waals surface area contributed by atoms with Gasteiger partial charge in [0.1, 0.15) is 5.82 Å². The maximum Gasteiger partial charge on any atom is 0.227 e. The Bertz CT molecular complexity index is 503. The summed E-state index contributed by atoms with van der Waals surface area (Å²) in [5.74, 6) is 0.617. The number of halogens is 1. The largest absolute Gasteiger partial charge is 0.349 e. The highest BCUT2D eigenvalue weighted by atomic mass is 32.2. The molecule has 0 saturated heterocycles. The molecule has 0 bridgehead atoms. The Labute approximate surface area is 123 Å². The third-order valence-electron chi connectivity index (χ3n) is 4.10. The number of carbonyl (C=O) groups excluding carboxylic acids is 1. The minimum absolute atomic E-state index is 0.0467. The van der Waals surface area contributed by atoms with Crippen LogP contribution in [0.3, 0.4) is 0 Å². The van der Waals surface area contributed by atoms with Gasteiger partial charge >= 0.3 is 0 Å². The van der Waals surface area contributed by atoms with Crippen molar-refractivity contribution in [3.63, 3.8) is 0 Å². The first-order valence-corrected chi connectivity index (χ1v) is 7.92. The summed E-state index contributed by atoms with van der Waals surface area (Å²) < 4.78 is 13.4. The molecule has 1 amide bonds. The molecule has 0 radical (unpaired) electrons. The van der Waals surface area contributed by atoms with E-state index in [9.17, 15) is 9.18 Å². The van der Waals surface area contributed by atoms with Gasteiger partial charge in [-0.1, -0.05) is 6.92 Å². The summed E-state index contributed by atoms with van der Waals surface area (Å²) in [5.41, 5.74) is 6.04. The van der Waals surface area contributed by atoms with Crippen LogP contribution in [0.5, 0.6) is 0 Å². The van der Waals surface area contributed by atoms with Crippen LogP contribution in [0, 0.1) is 11.2 Å². The lowest BCUT2D eigenvalue weighted by Gasteiger charge is -2.31. The third-order valence-corrected chi connectivity index (χ3v) is 5.22. The van der Waals surface area contributed by atoms with Gasteiger partial charge in [0.05, 0.1) is 11.5 Å². The predicted octanol–water partition coefficient (Wildman–Crippen LogP) is 2.85. The summed E-state index contributed by atoms with van der Waals surface area (Å²) in [6.45, 7) is 4.13. The molecule has 2 unspecified atom stereocenters. The molecule has 1 heterocycles. The summed E-state index contributed by atoms with van der Waals surface area (Å²) in [6, 6.07) is 4.66. The van der Waals surface area contributed by atoms with Crippen molar-refractivity contribution >= 4 is 17.7 Å². The van der Waals surface area contributed by atoms with Crippen LogP contribution in [-0.2, 0) is 4.79 Å². The lowest BCUT2D eigenvalue weighted by Crippen LogP contribution is -2.45. The minimum Gasteiger partial charge on any atom is -0.349 e. The molecule has 3 N–H and O–H groups in total. The van der Waals surface area contributed by atoms with Crippen LogP contribution < -0.4 is 11.1 Å². The Balaban J connectivity index is 2.20. The molecule has 1 aromatic rings. The van der Waals surface area contributed by atoms with E-state index in [2.05, 4.69) is 5.32 Å². The molecular formula is C15H21FN2OS. The third kappa shape index (κ3) is 2.99. The highest BCUT2D eigenvalue weighted by Gasteiger charge is 2.32. The number of nitrogens with one attached hydrogen (secondary N) is 1. The number of amides is 1. The zero-order valence-corrected chi connectivity index (χ0v) is 12.7. The van der Waals surface area contributed by atoms with E-state index < -0.39 is 5.41 Å². The number of thioether (sulfide) groups is 1. The van der Waals surface area contributed by atoms with Crippen molar-refractivity contribution in [2.45, 2.75) is 37.6 Å². The molecule has 20 heavy (non-hydrogen) atoms. The second kappa shape index (κ2) is 6.14. The Morgan fingerprint density at radius 1 is 1.60 bits per heavy atom. The number of fused-ring (bicyclic) bond motifs is 1. The molecule has 0 fully saturated rings. The second-order valence-electron chi connectivity index (χ2n) is 5.46. The van der Waals surface area contributed by atoms with Crippen molar-refractivity contribution in [3.05, 3.63) is 29.6 Å². The van der Waals surface area contributed by atoms with E-state index in [0.29, 0.717) is 13.0 Å². The van der Waals surface area contributed by atoms with E-state index in [-0.39, 0.29) is 17.8 Å². The van der Waals surface area contributed by atoms with E-state index in [0.717, 1.165) is 22.6 Å². The number of nitrogens with two attached hydrogens (primary N) is 1. The first kappa shape index (κ1) is 15.3. The Morgan fingerprint density at radius 2 is 2.35 bits per heavy atom. The number of hydrogen-bond acceptors (Lipinski definition) is 3. The van der Waals surface area contributed by atoms with Crippen LogP contribution in [0.1, 0.15) is 38.3 Å². The van der Waals surface area contributed by atoms with Crippen molar-refractivity contribution in [2.75, 3.05) is 12.3 Å². The molecular weight excluding hydrogens is 275 g/mol. The van der Waals surface area contributed by atoms with Gasteiger partial charge in [0, 0.05) is 17.2 Å². The van der Waals surface area contributed by atoms with Crippen LogP contribution in [0.25, 0.3) is 0 Å². The normalized spacial score (nSPS) is 20.9. The van der Waals surface area contributed by atoms with Gasteiger partial charge in [-0.05, 0) is 43.5 Å². The monoisotopic (exact) mass is 296 g/mol. The van der Waals surface area contributed by atoms with Gasteiger partial charge in [-0.25, -0.2) is 4.39 Å². The van der Waals surface area contributed by atoms with Crippen LogP contribution in [-0.4, -0.2) is 18.2 Å².